The molecule has 0 radical (unpaired) electrons. The number of benzene rings is 2. The third-order valence-electron chi connectivity index (χ3n) is 2.36. The third-order valence-corrected chi connectivity index (χ3v) is 2.36. The fourth-order valence-electron chi connectivity index (χ4n) is 1.54. The van der Waals surface area contributed by atoms with E-state index in [0.29, 0.717) is 0 Å². The van der Waals surface area contributed by atoms with Gasteiger partial charge in [0.2, 0.25) is 0 Å². The fraction of sp³-hybridized carbons (Fsp3) is 0.143. The van der Waals surface area contributed by atoms with Gasteiger partial charge in [-0.15, -0.1) is 0 Å². The number of para-hydroxylation sites is 1. The van der Waals surface area contributed by atoms with E-state index in [4.69, 9.17) is 4.74 Å². The maximum Gasteiger partial charge on any atom is 0.147 e. The summed E-state index contributed by atoms with van der Waals surface area (Å²) in [6.45, 7) is -0.0289. The Morgan fingerprint density at radius 3 is 2.00 bits per heavy atom. The third kappa shape index (κ3) is 2.61. The van der Waals surface area contributed by atoms with Gasteiger partial charge in [0.15, 0.2) is 0 Å². The van der Waals surface area contributed by atoms with Gasteiger partial charge >= 0.3 is 0 Å². The van der Waals surface area contributed by atoms with Gasteiger partial charge < -0.3 is 9.84 Å². The number of ether oxygens (including phenoxy) is 1. The Labute approximate surface area is 95.1 Å². The second-order valence-electron chi connectivity index (χ2n) is 3.51. The molecule has 2 heteroatoms. The van der Waals surface area contributed by atoms with Crippen LogP contribution in [0.1, 0.15) is 11.7 Å². The Morgan fingerprint density at radius 1 is 0.875 bits per heavy atom. The van der Waals surface area contributed by atoms with Crippen molar-refractivity contribution in [2.45, 2.75) is 6.10 Å². The molecular formula is C14H14O2. The first-order chi connectivity index (χ1) is 7.90. The van der Waals surface area contributed by atoms with Gasteiger partial charge in [0.25, 0.3) is 0 Å². The summed E-state index contributed by atoms with van der Waals surface area (Å²) < 4.78 is 5.70. The van der Waals surface area contributed by atoms with Gasteiger partial charge in [-0.05, 0) is 17.7 Å². The zero-order chi connectivity index (χ0) is 11.2. The van der Waals surface area contributed by atoms with Crippen LogP contribution in [-0.4, -0.2) is 11.7 Å². The lowest BCUT2D eigenvalue weighted by atomic mass is 10.1. The Balaban J connectivity index is 2.13. The Morgan fingerprint density at radius 2 is 1.44 bits per heavy atom. The molecule has 2 nitrogen and oxygen atoms in total. The van der Waals surface area contributed by atoms with E-state index in [1.165, 1.54) is 0 Å². The van der Waals surface area contributed by atoms with Crippen LogP contribution < -0.4 is 4.74 Å². The number of rotatable bonds is 4. The van der Waals surface area contributed by atoms with Crippen molar-refractivity contribution in [1.29, 1.82) is 0 Å². The van der Waals surface area contributed by atoms with Gasteiger partial charge in [-0.2, -0.15) is 0 Å². The van der Waals surface area contributed by atoms with Gasteiger partial charge in [-0.3, -0.25) is 0 Å². The highest BCUT2D eigenvalue weighted by Crippen LogP contribution is 2.20. The largest absolute Gasteiger partial charge is 0.483 e. The number of aliphatic hydroxyl groups is 1. The van der Waals surface area contributed by atoms with Gasteiger partial charge in [-0.1, -0.05) is 48.5 Å². The molecule has 1 atom stereocenters. The summed E-state index contributed by atoms with van der Waals surface area (Å²) in [6, 6.07) is 19.2. The highest BCUT2D eigenvalue weighted by atomic mass is 16.5. The van der Waals surface area contributed by atoms with Crippen LogP contribution in [0.25, 0.3) is 0 Å². The average molecular weight is 214 g/mol. The van der Waals surface area contributed by atoms with E-state index in [0.717, 1.165) is 11.3 Å². The maximum atomic E-state index is 9.32. The van der Waals surface area contributed by atoms with Crippen LogP contribution in [0.3, 0.4) is 0 Å². The highest BCUT2D eigenvalue weighted by molar-refractivity contribution is 5.24. The second-order valence-corrected chi connectivity index (χ2v) is 3.51. The number of hydrogen-bond acceptors (Lipinski definition) is 2. The van der Waals surface area contributed by atoms with Crippen molar-refractivity contribution in [3.8, 4) is 5.75 Å². The normalized spacial score (nSPS) is 12.1. The predicted molar refractivity (Wildman–Crippen MR) is 63.3 cm³/mol. The Bertz CT molecular complexity index is 411. The van der Waals surface area contributed by atoms with Gasteiger partial charge in [-0.25, -0.2) is 0 Å². The van der Waals surface area contributed by atoms with E-state index in [2.05, 4.69) is 0 Å². The maximum absolute atomic E-state index is 9.32. The lowest BCUT2D eigenvalue weighted by Gasteiger charge is -2.17. The van der Waals surface area contributed by atoms with Crippen LogP contribution in [0.15, 0.2) is 60.7 Å². The first kappa shape index (κ1) is 10.7. The average Bonchev–Trinajstić information content (AvgIpc) is 2.38. The summed E-state index contributed by atoms with van der Waals surface area (Å²) in [4.78, 5) is 0. The quantitative estimate of drug-likeness (QED) is 0.848. The molecule has 0 heterocycles. The molecule has 0 spiro atoms. The van der Waals surface area contributed by atoms with Gasteiger partial charge in [0.05, 0.1) is 6.61 Å². The molecule has 0 bridgehead atoms. The molecule has 0 aliphatic heterocycles. The zero-order valence-corrected chi connectivity index (χ0v) is 8.91. The van der Waals surface area contributed by atoms with Crippen molar-refractivity contribution < 1.29 is 9.84 Å². The minimum Gasteiger partial charge on any atom is -0.483 e. The molecule has 2 rings (SSSR count). The van der Waals surface area contributed by atoms with E-state index >= 15 is 0 Å². The molecule has 0 unspecified atom stereocenters. The van der Waals surface area contributed by atoms with Gasteiger partial charge in [0.1, 0.15) is 11.9 Å². The lowest BCUT2D eigenvalue weighted by molar-refractivity contribution is 0.116. The Hall–Kier alpha value is -1.80. The molecule has 1 N–H and O–H groups in total. The van der Waals surface area contributed by atoms with Crippen LogP contribution in [-0.2, 0) is 0 Å². The SMILES string of the molecule is OC[C@H](Oc1ccccc1)c1ccccc1. The fourth-order valence-corrected chi connectivity index (χ4v) is 1.54. The predicted octanol–water partition coefficient (Wildman–Crippen LogP) is 2.80. The van der Waals surface area contributed by atoms with E-state index in [-0.39, 0.29) is 12.7 Å². The molecular weight excluding hydrogens is 200 g/mol. The zero-order valence-electron chi connectivity index (χ0n) is 8.91. The number of aliphatic hydroxyl groups excluding tert-OH is 1. The highest BCUT2D eigenvalue weighted by Gasteiger charge is 2.10. The number of hydrogen-bond donors (Lipinski definition) is 1. The van der Waals surface area contributed by atoms with Crippen molar-refractivity contribution in [2.24, 2.45) is 0 Å². The monoisotopic (exact) mass is 214 g/mol. The molecule has 0 saturated heterocycles. The summed E-state index contributed by atoms with van der Waals surface area (Å²) in [5.74, 6) is 0.769. The van der Waals surface area contributed by atoms with Crippen molar-refractivity contribution in [1.82, 2.24) is 0 Å². The summed E-state index contributed by atoms with van der Waals surface area (Å²) >= 11 is 0. The first-order valence-corrected chi connectivity index (χ1v) is 5.27. The summed E-state index contributed by atoms with van der Waals surface area (Å²) in [7, 11) is 0. The van der Waals surface area contributed by atoms with Crippen LogP contribution >= 0.6 is 0 Å². The molecule has 82 valence electrons. The minimum absolute atomic E-state index is 0.0289. The molecule has 0 aromatic heterocycles. The molecule has 0 aliphatic carbocycles. The van der Waals surface area contributed by atoms with Crippen LogP contribution in [0.2, 0.25) is 0 Å². The minimum atomic E-state index is -0.302. The summed E-state index contributed by atoms with van der Waals surface area (Å²) in [5.41, 5.74) is 0.980. The molecule has 0 aliphatic rings. The van der Waals surface area contributed by atoms with Crippen LogP contribution in [0.5, 0.6) is 5.75 Å². The van der Waals surface area contributed by atoms with Gasteiger partial charge in [0, 0.05) is 0 Å². The Kier molecular flexibility index (Phi) is 3.57. The smallest absolute Gasteiger partial charge is 0.147 e. The summed E-state index contributed by atoms with van der Waals surface area (Å²) in [6.07, 6.45) is -0.302. The van der Waals surface area contributed by atoms with Crippen LogP contribution in [0.4, 0.5) is 0 Å². The molecule has 2 aromatic rings. The van der Waals surface area contributed by atoms with E-state index < -0.39 is 0 Å². The molecule has 0 amide bonds. The van der Waals surface area contributed by atoms with E-state index in [9.17, 15) is 5.11 Å². The van der Waals surface area contributed by atoms with Crippen molar-refractivity contribution in [2.75, 3.05) is 6.61 Å². The molecule has 2 aromatic carbocycles. The van der Waals surface area contributed by atoms with E-state index in [1.54, 1.807) is 0 Å². The van der Waals surface area contributed by atoms with Crippen molar-refractivity contribution in [3.05, 3.63) is 66.2 Å². The van der Waals surface area contributed by atoms with Crippen LogP contribution in [0, 0.1) is 0 Å². The standard InChI is InChI=1S/C14H14O2/c15-11-14(12-7-3-1-4-8-12)16-13-9-5-2-6-10-13/h1-10,14-15H,11H2/t14-/m0/s1. The van der Waals surface area contributed by atoms with Crippen molar-refractivity contribution >= 4 is 0 Å². The molecule has 0 saturated carbocycles. The first-order valence-electron chi connectivity index (χ1n) is 5.27. The topological polar surface area (TPSA) is 29.5 Å². The second kappa shape index (κ2) is 5.33. The van der Waals surface area contributed by atoms with Crippen molar-refractivity contribution in [3.63, 3.8) is 0 Å². The summed E-state index contributed by atoms with van der Waals surface area (Å²) in [5, 5.41) is 9.32. The van der Waals surface area contributed by atoms with E-state index in [1.807, 2.05) is 60.7 Å². The molecule has 0 fully saturated rings. The molecule has 16 heavy (non-hydrogen) atoms. The lowest BCUT2D eigenvalue weighted by Crippen LogP contribution is -2.11.